The average molecular weight is 409 g/mol. The fourth-order valence-electron chi connectivity index (χ4n) is 2.91. The van der Waals surface area contributed by atoms with Crippen molar-refractivity contribution in [1.29, 1.82) is 0 Å². The van der Waals surface area contributed by atoms with E-state index in [1.54, 1.807) is 28.4 Å². The lowest BCUT2D eigenvalue weighted by Gasteiger charge is -2.13. The van der Waals surface area contributed by atoms with Crippen LogP contribution in [0.15, 0.2) is 59.7 Å². The number of aromatic nitrogens is 2. The number of aliphatic imine (C=N–C) groups is 1. The van der Waals surface area contributed by atoms with Crippen molar-refractivity contribution in [1.82, 2.24) is 20.4 Å². The van der Waals surface area contributed by atoms with E-state index >= 15 is 0 Å². The number of ether oxygens (including phenoxy) is 3. The number of benzene rings is 2. The first-order valence-electron chi connectivity index (χ1n) is 9.51. The van der Waals surface area contributed by atoms with Crippen molar-refractivity contribution in [2.24, 2.45) is 4.99 Å². The SMILES string of the molecule is CN=C(NCc1ccc(OC)c(OC)c1)NCc1ccn(-c2ccc(OC)cc2)n1. The van der Waals surface area contributed by atoms with Crippen LogP contribution in [0.2, 0.25) is 0 Å². The molecule has 0 saturated heterocycles. The maximum absolute atomic E-state index is 5.35. The molecule has 0 bridgehead atoms. The van der Waals surface area contributed by atoms with Crippen LogP contribution < -0.4 is 24.8 Å². The van der Waals surface area contributed by atoms with Gasteiger partial charge in [0.25, 0.3) is 0 Å². The Labute approximate surface area is 176 Å². The van der Waals surface area contributed by atoms with Crippen LogP contribution in [0.4, 0.5) is 0 Å². The third kappa shape index (κ3) is 5.22. The lowest BCUT2D eigenvalue weighted by molar-refractivity contribution is 0.354. The Morgan fingerprint density at radius 3 is 2.30 bits per heavy atom. The second-order valence-electron chi connectivity index (χ2n) is 6.42. The Balaban J connectivity index is 1.55. The second kappa shape index (κ2) is 10.2. The molecule has 0 aliphatic carbocycles. The van der Waals surface area contributed by atoms with E-state index < -0.39 is 0 Å². The number of hydrogen-bond acceptors (Lipinski definition) is 5. The molecular formula is C22H27N5O3. The topological polar surface area (TPSA) is 81.9 Å². The molecule has 3 aromatic rings. The molecule has 0 aliphatic rings. The fourth-order valence-corrected chi connectivity index (χ4v) is 2.91. The van der Waals surface area contributed by atoms with Crippen LogP contribution in [0.25, 0.3) is 5.69 Å². The quantitative estimate of drug-likeness (QED) is 0.440. The first-order valence-corrected chi connectivity index (χ1v) is 9.51. The van der Waals surface area contributed by atoms with Crippen LogP contribution in [0.1, 0.15) is 11.3 Å². The minimum absolute atomic E-state index is 0.550. The largest absolute Gasteiger partial charge is 0.497 e. The lowest BCUT2D eigenvalue weighted by atomic mass is 10.2. The molecule has 0 saturated carbocycles. The fraction of sp³-hybridized carbons (Fsp3) is 0.273. The number of methoxy groups -OCH3 is 3. The van der Waals surface area contributed by atoms with Gasteiger partial charge in [0.05, 0.1) is 39.3 Å². The highest BCUT2D eigenvalue weighted by atomic mass is 16.5. The summed E-state index contributed by atoms with van der Waals surface area (Å²) < 4.78 is 17.6. The van der Waals surface area contributed by atoms with Crippen LogP contribution in [-0.2, 0) is 13.1 Å². The molecule has 2 N–H and O–H groups in total. The normalized spacial score (nSPS) is 11.1. The summed E-state index contributed by atoms with van der Waals surface area (Å²) >= 11 is 0. The maximum Gasteiger partial charge on any atom is 0.191 e. The Morgan fingerprint density at radius 2 is 1.63 bits per heavy atom. The zero-order chi connectivity index (χ0) is 21.3. The third-order valence-corrected chi connectivity index (χ3v) is 4.55. The molecule has 158 valence electrons. The molecule has 3 rings (SSSR count). The summed E-state index contributed by atoms with van der Waals surface area (Å²) in [5.74, 6) is 2.90. The molecule has 1 aromatic heterocycles. The van der Waals surface area contributed by atoms with Crippen LogP contribution in [-0.4, -0.2) is 44.1 Å². The summed E-state index contributed by atoms with van der Waals surface area (Å²) in [5.41, 5.74) is 2.93. The highest BCUT2D eigenvalue weighted by Crippen LogP contribution is 2.27. The number of guanidine groups is 1. The van der Waals surface area contributed by atoms with E-state index in [0.29, 0.717) is 30.5 Å². The third-order valence-electron chi connectivity index (χ3n) is 4.55. The van der Waals surface area contributed by atoms with Crippen molar-refractivity contribution in [3.8, 4) is 22.9 Å². The van der Waals surface area contributed by atoms with Crippen LogP contribution >= 0.6 is 0 Å². The molecule has 0 amide bonds. The Kier molecular flexibility index (Phi) is 7.15. The molecule has 1 heterocycles. The highest BCUT2D eigenvalue weighted by molar-refractivity contribution is 5.79. The van der Waals surface area contributed by atoms with Crippen molar-refractivity contribution in [3.63, 3.8) is 0 Å². The van der Waals surface area contributed by atoms with Gasteiger partial charge in [-0.1, -0.05) is 6.07 Å². The Hall–Kier alpha value is -3.68. The summed E-state index contributed by atoms with van der Waals surface area (Å²) in [7, 11) is 6.64. The molecule has 0 atom stereocenters. The minimum atomic E-state index is 0.550. The van der Waals surface area contributed by atoms with Crippen LogP contribution in [0.3, 0.4) is 0 Å². The molecular weight excluding hydrogens is 382 g/mol. The standard InChI is InChI=1S/C22H27N5O3/c1-23-22(24-14-16-5-10-20(29-3)21(13-16)30-4)25-15-17-11-12-27(26-17)18-6-8-19(28-2)9-7-18/h5-13H,14-15H2,1-4H3,(H2,23,24,25). The van der Waals surface area contributed by atoms with Crippen LogP contribution in [0, 0.1) is 0 Å². The van der Waals surface area contributed by atoms with E-state index in [0.717, 1.165) is 22.7 Å². The van der Waals surface area contributed by atoms with E-state index in [2.05, 4.69) is 20.7 Å². The molecule has 0 unspecified atom stereocenters. The van der Waals surface area contributed by atoms with Crippen molar-refractivity contribution >= 4 is 5.96 Å². The molecule has 2 aromatic carbocycles. The predicted molar refractivity (Wildman–Crippen MR) is 117 cm³/mol. The molecule has 0 aliphatic heterocycles. The van der Waals surface area contributed by atoms with E-state index in [-0.39, 0.29) is 0 Å². The number of nitrogens with zero attached hydrogens (tertiary/aromatic N) is 3. The maximum atomic E-state index is 5.35. The highest BCUT2D eigenvalue weighted by Gasteiger charge is 2.06. The van der Waals surface area contributed by atoms with E-state index in [1.807, 2.05) is 59.4 Å². The van der Waals surface area contributed by atoms with Gasteiger partial charge in [-0.05, 0) is 48.0 Å². The number of hydrogen-bond donors (Lipinski definition) is 2. The second-order valence-corrected chi connectivity index (χ2v) is 6.42. The molecule has 0 fully saturated rings. The Morgan fingerprint density at radius 1 is 0.900 bits per heavy atom. The molecule has 8 heteroatoms. The predicted octanol–water partition coefficient (Wildman–Crippen LogP) is 2.76. The zero-order valence-corrected chi connectivity index (χ0v) is 17.7. The van der Waals surface area contributed by atoms with E-state index in [4.69, 9.17) is 14.2 Å². The molecule has 30 heavy (non-hydrogen) atoms. The summed E-state index contributed by atoms with van der Waals surface area (Å²) in [6.45, 7) is 1.15. The monoisotopic (exact) mass is 409 g/mol. The van der Waals surface area contributed by atoms with Gasteiger partial charge in [0.1, 0.15) is 5.75 Å². The first kappa shape index (κ1) is 21.0. The summed E-state index contributed by atoms with van der Waals surface area (Å²) in [4.78, 5) is 4.27. The smallest absolute Gasteiger partial charge is 0.191 e. The van der Waals surface area contributed by atoms with Crippen molar-refractivity contribution in [3.05, 3.63) is 66.0 Å². The van der Waals surface area contributed by atoms with Gasteiger partial charge in [-0.2, -0.15) is 5.10 Å². The summed E-state index contributed by atoms with van der Waals surface area (Å²) in [5, 5.41) is 11.2. The van der Waals surface area contributed by atoms with Gasteiger partial charge in [-0.15, -0.1) is 0 Å². The van der Waals surface area contributed by atoms with Crippen LogP contribution in [0.5, 0.6) is 17.2 Å². The average Bonchev–Trinajstić information content (AvgIpc) is 3.28. The summed E-state index contributed by atoms with van der Waals surface area (Å²) in [6.07, 6.45) is 1.93. The van der Waals surface area contributed by atoms with Gasteiger partial charge in [0.2, 0.25) is 0 Å². The van der Waals surface area contributed by atoms with Gasteiger partial charge in [0.15, 0.2) is 17.5 Å². The van der Waals surface area contributed by atoms with Crippen molar-refractivity contribution in [2.45, 2.75) is 13.1 Å². The molecule has 0 spiro atoms. The molecule has 0 radical (unpaired) electrons. The van der Waals surface area contributed by atoms with Gasteiger partial charge in [-0.3, -0.25) is 4.99 Å². The van der Waals surface area contributed by atoms with E-state index in [1.165, 1.54) is 0 Å². The van der Waals surface area contributed by atoms with Gasteiger partial charge in [0, 0.05) is 19.8 Å². The van der Waals surface area contributed by atoms with Crippen molar-refractivity contribution in [2.75, 3.05) is 28.4 Å². The van der Waals surface area contributed by atoms with Gasteiger partial charge >= 0.3 is 0 Å². The minimum Gasteiger partial charge on any atom is -0.497 e. The first-order chi connectivity index (χ1) is 14.7. The van der Waals surface area contributed by atoms with Gasteiger partial charge in [-0.25, -0.2) is 4.68 Å². The summed E-state index contributed by atoms with van der Waals surface area (Å²) in [6, 6.07) is 15.5. The Bertz CT molecular complexity index is 983. The van der Waals surface area contributed by atoms with Crippen molar-refractivity contribution < 1.29 is 14.2 Å². The number of nitrogens with one attached hydrogen (secondary N) is 2. The van der Waals surface area contributed by atoms with Gasteiger partial charge < -0.3 is 24.8 Å². The van der Waals surface area contributed by atoms with E-state index in [9.17, 15) is 0 Å². The zero-order valence-electron chi connectivity index (χ0n) is 17.7. The lowest BCUT2D eigenvalue weighted by Crippen LogP contribution is -2.36. The number of rotatable bonds is 8. The molecule has 8 nitrogen and oxygen atoms in total.